The van der Waals surface area contributed by atoms with Crippen molar-refractivity contribution >= 4 is 11.9 Å². The van der Waals surface area contributed by atoms with Crippen LogP contribution in [-0.4, -0.2) is 48.3 Å². The van der Waals surface area contributed by atoms with Crippen LogP contribution in [0, 0.1) is 0 Å². The Hall–Kier alpha value is -1.21. The summed E-state index contributed by atoms with van der Waals surface area (Å²) in [6.07, 6.45) is -6.01. The molecule has 6 nitrogen and oxygen atoms in total. The van der Waals surface area contributed by atoms with Crippen LogP contribution in [0.1, 0.15) is 13.8 Å². The molecular weight excluding hydrogens is 223 g/mol. The molecule has 1 aliphatic rings. The van der Waals surface area contributed by atoms with E-state index in [2.05, 4.69) is 9.47 Å². The standard InChI is InChI=1S/C9H13FO6/c1-4(11)15-6-3-14-9(13)7(10)8(6)16-5(2)12/h6-9,13H,3H2,1-2H3/t6-,7-,8+,9-/m1/s1. The lowest BCUT2D eigenvalue weighted by Gasteiger charge is -2.35. The predicted molar refractivity (Wildman–Crippen MR) is 48.0 cm³/mol. The number of aliphatic hydroxyl groups is 1. The summed E-state index contributed by atoms with van der Waals surface area (Å²) >= 11 is 0. The summed E-state index contributed by atoms with van der Waals surface area (Å²) in [5.74, 6) is -1.37. The highest BCUT2D eigenvalue weighted by Gasteiger charge is 2.44. The van der Waals surface area contributed by atoms with Gasteiger partial charge < -0.3 is 19.3 Å². The highest BCUT2D eigenvalue weighted by Crippen LogP contribution is 2.22. The van der Waals surface area contributed by atoms with Gasteiger partial charge in [0.1, 0.15) is 0 Å². The molecule has 1 fully saturated rings. The van der Waals surface area contributed by atoms with Crippen LogP contribution in [0.2, 0.25) is 0 Å². The molecule has 16 heavy (non-hydrogen) atoms. The fourth-order valence-corrected chi connectivity index (χ4v) is 1.39. The van der Waals surface area contributed by atoms with Crippen molar-refractivity contribution in [1.29, 1.82) is 0 Å². The molecule has 0 spiro atoms. The molecule has 0 aromatic carbocycles. The zero-order valence-electron chi connectivity index (χ0n) is 8.88. The van der Waals surface area contributed by atoms with Crippen molar-refractivity contribution in [2.45, 2.75) is 38.5 Å². The van der Waals surface area contributed by atoms with Gasteiger partial charge in [-0.05, 0) is 0 Å². The number of carbonyl (C=O) groups is 2. The molecular formula is C9H13FO6. The van der Waals surface area contributed by atoms with E-state index in [1.165, 1.54) is 0 Å². The first kappa shape index (κ1) is 12.9. The molecule has 7 heteroatoms. The van der Waals surface area contributed by atoms with Crippen molar-refractivity contribution in [3.8, 4) is 0 Å². The minimum Gasteiger partial charge on any atom is -0.456 e. The van der Waals surface area contributed by atoms with Crippen LogP contribution in [0.3, 0.4) is 0 Å². The Morgan fingerprint density at radius 3 is 2.38 bits per heavy atom. The number of ether oxygens (including phenoxy) is 3. The first-order valence-corrected chi connectivity index (χ1v) is 4.70. The number of esters is 2. The van der Waals surface area contributed by atoms with Gasteiger partial charge >= 0.3 is 11.9 Å². The van der Waals surface area contributed by atoms with Crippen LogP contribution < -0.4 is 0 Å². The van der Waals surface area contributed by atoms with Crippen LogP contribution in [-0.2, 0) is 23.8 Å². The molecule has 0 aliphatic carbocycles. The van der Waals surface area contributed by atoms with Crippen LogP contribution in [0.4, 0.5) is 4.39 Å². The third kappa shape index (κ3) is 3.14. The molecule has 0 saturated carbocycles. The molecule has 1 saturated heterocycles. The highest BCUT2D eigenvalue weighted by molar-refractivity contribution is 5.67. The summed E-state index contributed by atoms with van der Waals surface area (Å²) in [5, 5.41) is 9.08. The van der Waals surface area contributed by atoms with Crippen LogP contribution in [0.5, 0.6) is 0 Å². The van der Waals surface area contributed by atoms with E-state index in [1.807, 2.05) is 0 Å². The Bertz CT molecular complexity index is 281. The molecule has 1 rings (SSSR count). The summed E-state index contributed by atoms with van der Waals surface area (Å²) < 4.78 is 27.5. The molecule has 1 N–H and O–H groups in total. The maximum atomic E-state index is 13.5. The quantitative estimate of drug-likeness (QED) is 0.653. The third-order valence-corrected chi connectivity index (χ3v) is 2.00. The van der Waals surface area contributed by atoms with Gasteiger partial charge in [0.05, 0.1) is 6.61 Å². The van der Waals surface area contributed by atoms with Crippen molar-refractivity contribution in [3.63, 3.8) is 0 Å². The van der Waals surface area contributed by atoms with E-state index in [-0.39, 0.29) is 6.61 Å². The average molecular weight is 236 g/mol. The Balaban J connectivity index is 2.72. The predicted octanol–water partition coefficient (Wildman–Crippen LogP) is -0.464. The van der Waals surface area contributed by atoms with E-state index in [4.69, 9.17) is 9.84 Å². The summed E-state index contributed by atoms with van der Waals surface area (Å²) in [7, 11) is 0. The van der Waals surface area contributed by atoms with E-state index in [0.717, 1.165) is 13.8 Å². The number of rotatable bonds is 2. The summed E-state index contributed by atoms with van der Waals surface area (Å²) in [4.78, 5) is 21.5. The number of hydrogen-bond acceptors (Lipinski definition) is 6. The Morgan fingerprint density at radius 1 is 1.31 bits per heavy atom. The van der Waals surface area contributed by atoms with Gasteiger partial charge in [-0.15, -0.1) is 0 Å². The fourth-order valence-electron chi connectivity index (χ4n) is 1.39. The van der Waals surface area contributed by atoms with Gasteiger partial charge in [0, 0.05) is 13.8 Å². The average Bonchev–Trinajstić information content (AvgIpc) is 2.16. The van der Waals surface area contributed by atoms with E-state index in [0.29, 0.717) is 0 Å². The normalized spacial score (nSPS) is 34.2. The van der Waals surface area contributed by atoms with Gasteiger partial charge in [-0.2, -0.15) is 0 Å². The lowest BCUT2D eigenvalue weighted by molar-refractivity contribution is -0.246. The molecule has 1 aliphatic heterocycles. The SMILES string of the molecule is CC(=O)O[C@@H]1[C@@H](F)[C@H](O)OC[C@H]1OC(C)=O. The molecule has 0 unspecified atom stereocenters. The molecule has 4 atom stereocenters. The molecule has 0 aromatic heterocycles. The zero-order valence-corrected chi connectivity index (χ0v) is 8.88. The smallest absolute Gasteiger partial charge is 0.303 e. The first-order valence-electron chi connectivity index (χ1n) is 4.70. The minimum atomic E-state index is -1.94. The third-order valence-electron chi connectivity index (χ3n) is 2.00. The van der Waals surface area contributed by atoms with Gasteiger partial charge in [0.25, 0.3) is 0 Å². The summed E-state index contributed by atoms with van der Waals surface area (Å²) in [6, 6.07) is 0. The number of alkyl halides is 1. The monoisotopic (exact) mass is 236 g/mol. The van der Waals surface area contributed by atoms with Gasteiger partial charge in [0.15, 0.2) is 24.7 Å². The van der Waals surface area contributed by atoms with Crippen molar-refractivity contribution in [2.24, 2.45) is 0 Å². The maximum Gasteiger partial charge on any atom is 0.303 e. The molecule has 0 amide bonds. The van der Waals surface area contributed by atoms with Crippen molar-refractivity contribution in [3.05, 3.63) is 0 Å². The molecule has 1 heterocycles. The molecule has 0 aromatic rings. The second-order valence-electron chi connectivity index (χ2n) is 3.39. The van der Waals surface area contributed by atoms with Gasteiger partial charge in [-0.1, -0.05) is 0 Å². The zero-order chi connectivity index (χ0) is 12.3. The van der Waals surface area contributed by atoms with E-state index < -0.39 is 36.6 Å². The Morgan fingerprint density at radius 2 is 1.88 bits per heavy atom. The summed E-state index contributed by atoms with van der Waals surface area (Å²) in [5.41, 5.74) is 0. The van der Waals surface area contributed by atoms with E-state index in [9.17, 15) is 14.0 Å². The lowest BCUT2D eigenvalue weighted by atomic mass is 10.1. The van der Waals surface area contributed by atoms with E-state index >= 15 is 0 Å². The second-order valence-corrected chi connectivity index (χ2v) is 3.39. The van der Waals surface area contributed by atoms with Crippen LogP contribution >= 0.6 is 0 Å². The van der Waals surface area contributed by atoms with E-state index in [1.54, 1.807) is 0 Å². The molecule has 0 bridgehead atoms. The van der Waals surface area contributed by atoms with Crippen molar-refractivity contribution in [2.75, 3.05) is 6.61 Å². The van der Waals surface area contributed by atoms with Gasteiger partial charge in [-0.25, -0.2) is 4.39 Å². The van der Waals surface area contributed by atoms with Gasteiger partial charge in [-0.3, -0.25) is 9.59 Å². The number of hydrogen-bond donors (Lipinski definition) is 1. The van der Waals surface area contributed by atoms with Crippen molar-refractivity contribution < 1.29 is 33.3 Å². The Labute approximate surface area is 91.3 Å². The van der Waals surface area contributed by atoms with Crippen LogP contribution in [0.25, 0.3) is 0 Å². The number of halogens is 1. The van der Waals surface area contributed by atoms with Gasteiger partial charge in [0.2, 0.25) is 0 Å². The van der Waals surface area contributed by atoms with Crippen molar-refractivity contribution in [1.82, 2.24) is 0 Å². The second kappa shape index (κ2) is 5.22. The summed E-state index contributed by atoms with van der Waals surface area (Å²) in [6.45, 7) is 2.02. The lowest BCUT2D eigenvalue weighted by Crippen LogP contribution is -2.54. The first-order chi connectivity index (χ1) is 7.41. The Kier molecular flexibility index (Phi) is 4.19. The van der Waals surface area contributed by atoms with Crippen LogP contribution in [0.15, 0.2) is 0 Å². The number of aliphatic hydroxyl groups excluding tert-OH is 1. The fraction of sp³-hybridized carbons (Fsp3) is 0.778. The largest absolute Gasteiger partial charge is 0.456 e. The minimum absolute atomic E-state index is 0.223. The molecule has 92 valence electrons. The maximum absolute atomic E-state index is 13.5. The molecule has 0 radical (unpaired) electrons. The highest BCUT2D eigenvalue weighted by atomic mass is 19.1. The number of carbonyl (C=O) groups excluding carboxylic acids is 2. The topological polar surface area (TPSA) is 82.1 Å².